The van der Waals surface area contributed by atoms with E-state index in [1.54, 1.807) is 30.3 Å². The highest BCUT2D eigenvalue weighted by Crippen LogP contribution is 2.32. The standard InChI is InChI=1S/C22H22F2N4O2/c23-16-10-8-15(9-11-16)13-25-20(29)14-28-12-4-3-7-19(28)22-27-26-21(30-22)17-5-1-2-6-18(17)24/h1-2,5-6,8-11,19H,3-4,7,12-14H2,(H,25,29)/t19-/m0/s1. The Labute approximate surface area is 172 Å². The number of hydrogen-bond acceptors (Lipinski definition) is 5. The predicted octanol–water partition coefficient (Wildman–Crippen LogP) is 3.86. The van der Waals surface area contributed by atoms with E-state index in [1.165, 1.54) is 18.2 Å². The van der Waals surface area contributed by atoms with Crippen LogP contribution in [-0.4, -0.2) is 34.1 Å². The summed E-state index contributed by atoms with van der Waals surface area (Å²) >= 11 is 0. The quantitative estimate of drug-likeness (QED) is 0.666. The molecule has 1 amide bonds. The molecule has 30 heavy (non-hydrogen) atoms. The molecule has 1 fully saturated rings. The number of likely N-dealkylation sites (tertiary alicyclic amines) is 1. The minimum atomic E-state index is -0.423. The van der Waals surface area contributed by atoms with Gasteiger partial charge in [0.2, 0.25) is 11.8 Å². The summed E-state index contributed by atoms with van der Waals surface area (Å²) in [6.07, 6.45) is 2.73. The molecule has 2 heterocycles. The van der Waals surface area contributed by atoms with Gasteiger partial charge in [-0.1, -0.05) is 30.7 Å². The number of rotatable bonds is 6. The molecule has 6 nitrogen and oxygen atoms in total. The average molecular weight is 412 g/mol. The molecule has 2 aromatic carbocycles. The van der Waals surface area contributed by atoms with E-state index in [2.05, 4.69) is 15.5 Å². The second-order valence-corrected chi connectivity index (χ2v) is 7.31. The lowest BCUT2D eigenvalue weighted by Gasteiger charge is -2.32. The molecule has 0 radical (unpaired) electrons. The van der Waals surface area contributed by atoms with Crippen molar-refractivity contribution in [3.05, 3.63) is 71.6 Å². The minimum absolute atomic E-state index is 0.134. The van der Waals surface area contributed by atoms with E-state index in [1.807, 2.05) is 4.90 Å². The second kappa shape index (κ2) is 9.13. The molecule has 1 N–H and O–H groups in total. The number of nitrogens with one attached hydrogen (secondary N) is 1. The maximum atomic E-state index is 14.0. The fourth-order valence-corrected chi connectivity index (χ4v) is 3.62. The van der Waals surface area contributed by atoms with E-state index in [4.69, 9.17) is 4.42 Å². The van der Waals surface area contributed by atoms with Gasteiger partial charge in [-0.3, -0.25) is 9.69 Å². The normalized spacial score (nSPS) is 17.1. The lowest BCUT2D eigenvalue weighted by atomic mass is 10.0. The van der Waals surface area contributed by atoms with Crippen LogP contribution in [0.4, 0.5) is 8.78 Å². The molecule has 0 bridgehead atoms. The van der Waals surface area contributed by atoms with Crippen LogP contribution in [0.5, 0.6) is 0 Å². The Morgan fingerprint density at radius 3 is 2.70 bits per heavy atom. The Kier molecular flexibility index (Phi) is 6.13. The molecule has 0 aliphatic carbocycles. The smallest absolute Gasteiger partial charge is 0.250 e. The Morgan fingerprint density at radius 2 is 1.90 bits per heavy atom. The van der Waals surface area contributed by atoms with Crippen molar-refractivity contribution in [3.8, 4) is 11.5 Å². The summed E-state index contributed by atoms with van der Waals surface area (Å²) in [5.74, 6) is -0.349. The lowest BCUT2D eigenvalue weighted by molar-refractivity contribution is -0.123. The summed E-state index contributed by atoms with van der Waals surface area (Å²) in [5.41, 5.74) is 1.09. The number of hydrogen-bond donors (Lipinski definition) is 1. The first kappa shape index (κ1) is 20.2. The Balaban J connectivity index is 1.41. The van der Waals surface area contributed by atoms with E-state index in [-0.39, 0.29) is 35.8 Å². The molecule has 0 saturated carbocycles. The fraction of sp³-hybridized carbons (Fsp3) is 0.318. The third-order valence-corrected chi connectivity index (χ3v) is 5.19. The van der Waals surface area contributed by atoms with Crippen molar-refractivity contribution in [2.45, 2.75) is 31.8 Å². The van der Waals surface area contributed by atoms with Crippen molar-refractivity contribution >= 4 is 5.91 Å². The number of piperidine rings is 1. The summed E-state index contributed by atoms with van der Waals surface area (Å²) in [4.78, 5) is 14.5. The molecule has 4 rings (SSSR count). The van der Waals surface area contributed by atoms with E-state index in [9.17, 15) is 13.6 Å². The van der Waals surface area contributed by atoms with Crippen molar-refractivity contribution < 1.29 is 18.0 Å². The number of aromatic nitrogens is 2. The number of carbonyl (C=O) groups is 1. The third kappa shape index (κ3) is 4.71. The van der Waals surface area contributed by atoms with Crippen molar-refractivity contribution in [3.63, 3.8) is 0 Å². The SMILES string of the molecule is O=C(CN1CCCC[C@H]1c1nnc(-c2ccccc2F)o1)NCc1ccc(F)cc1. The van der Waals surface area contributed by atoms with Crippen LogP contribution in [0.3, 0.4) is 0 Å². The molecule has 156 valence electrons. The maximum absolute atomic E-state index is 14.0. The fourth-order valence-electron chi connectivity index (χ4n) is 3.62. The zero-order chi connectivity index (χ0) is 20.9. The molecular formula is C22H22F2N4O2. The van der Waals surface area contributed by atoms with Gasteiger partial charge in [-0.25, -0.2) is 8.78 Å². The summed E-state index contributed by atoms with van der Waals surface area (Å²) in [5, 5.41) is 11.0. The average Bonchev–Trinajstić information content (AvgIpc) is 3.24. The summed E-state index contributed by atoms with van der Waals surface area (Å²) in [6.45, 7) is 1.24. The van der Waals surface area contributed by atoms with Crippen LogP contribution in [0.15, 0.2) is 52.9 Å². The van der Waals surface area contributed by atoms with Gasteiger partial charge in [0.1, 0.15) is 11.6 Å². The summed E-state index contributed by atoms with van der Waals surface area (Å²) < 4.78 is 32.8. The Bertz CT molecular complexity index is 1010. The number of nitrogens with zero attached hydrogens (tertiary/aromatic N) is 3. The number of amides is 1. The predicted molar refractivity (Wildman–Crippen MR) is 106 cm³/mol. The monoisotopic (exact) mass is 412 g/mol. The van der Waals surface area contributed by atoms with Crippen molar-refractivity contribution in [2.24, 2.45) is 0 Å². The van der Waals surface area contributed by atoms with Gasteiger partial charge in [0, 0.05) is 6.54 Å². The van der Waals surface area contributed by atoms with Crippen LogP contribution in [0.25, 0.3) is 11.5 Å². The molecule has 1 aromatic heterocycles. The first-order valence-electron chi connectivity index (χ1n) is 9.93. The molecule has 1 aliphatic rings. The Morgan fingerprint density at radius 1 is 1.10 bits per heavy atom. The van der Waals surface area contributed by atoms with E-state index in [0.29, 0.717) is 12.4 Å². The van der Waals surface area contributed by atoms with Crippen LogP contribution in [0, 0.1) is 11.6 Å². The highest BCUT2D eigenvalue weighted by molar-refractivity contribution is 5.78. The van der Waals surface area contributed by atoms with Gasteiger partial charge < -0.3 is 9.73 Å². The van der Waals surface area contributed by atoms with Gasteiger partial charge in [0.15, 0.2) is 0 Å². The number of carbonyl (C=O) groups excluding carboxylic acids is 1. The molecule has 8 heteroatoms. The molecular weight excluding hydrogens is 390 g/mol. The molecule has 0 unspecified atom stereocenters. The number of halogens is 2. The summed E-state index contributed by atoms with van der Waals surface area (Å²) in [6, 6.07) is 12.1. The van der Waals surface area contributed by atoms with Crippen molar-refractivity contribution in [1.29, 1.82) is 0 Å². The van der Waals surface area contributed by atoms with E-state index in [0.717, 1.165) is 31.4 Å². The maximum Gasteiger partial charge on any atom is 0.250 e. The molecule has 1 aliphatic heterocycles. The molecule has 1 atom stereocenters. The van der Waals surface area contributed by atoms with Crippen molar-refractivity contribution in [1.82, 2.24) is 20.4 Å². The van der Waals surface area contributed by atoms with Gasteiger partial charge in [0.25, 0.3) is 5.89 Å². The first-order chi connectivity index (χ1) is 14.6. The van der Waals surface area contributed by atoms with E-state index >= 15 is 0 Å². The van der Waals surface area contributed by atoms with Gasteiger partial charge in [-0.15, -0.1) is 10.2 Å². The second-order valence-electron chi connectivity index (χ2n) is 7.31. The highest BCUT2D eigenvalue weighted by Gasteiger charge is 2.30. The van der Waals surface area contributed by atoms with Crippen LogP contribution in [0.1, 0.15) is 36.8 Å². The van der Waals surface area contributed by atoms with Gasteiger partial charge in [0.05, 0.1) is 18.2 Å². The molecule has 3 aromatic rings. The van der Waals surface area contributed by atoms with Crippen LogP contribution < -0.4 is 5.32 Å². The number of benzene rings is 2. The largest absolute Gasteiger partial charge is 0.419 e. The summed E-state index contributed by atoms with van der Waals surface area (Å²) in [7, 11) is 0. The van der Waals surface area contributed by atoms with Crippen LogP contribution >= 0.6 is 0 Å². The van der Waals surface area contributed by atoms with Crippen LogP contribution in [-0.2, 0) is 11.3 Å². The Hall–Kier alpha value is -3.13. The van der Waals surface area contributed by atoms with E-state index < -0.39 is 5.82 Å². The minimum Gasteiger partial charge on any atom is -0.419 e. The zero-order valence-corrected chi connectivity index (χ0v) is 16.4. The van der Waals surface area contributed by atoms with Gasteiger partial charge in [-0.05, 0) is 49.2 Å². The topological polar surface area (TPSA) is 71.3 Å². The van der Waals surface area contributed by atoms with Crippen molar-refractivity contribution in [2.75, 3.05) is 13.1 Å². The first-order valence-corrected chi connectivity index (χ1v) is 9.93. The lowest BCUT2D eigenvalue weighted by Crippen LogP contribution is -2.41. The van der Waals surface area contributed by atoms with Gasteiger partial charge in [-0.2, -0.15) is 0 Å². The molecule has 0 spiro atoms. The highest BCUT2D eigenvalue weighted by atomic mass is 19.1. The molecule has 1 saturated heterocycles. The third-order valence-electron chi connectivity index (χ3n) is 5.19. The van der Waals surface area contributed by atoms with Crippen LogP contribution in [0.2, 0.25) is 0 Å². The van der Waals surface area contributed by atoms with Gasteiger partial charge >= 0.3 is 0 Å². The zero-order valence-electron chi connectivity index (χ0n) is 16.4.